The second kappa shape index (κ2) is 12.3. The van der Waals surface area contributed by atoms with Crippen molar-refractivity contribution in [3.05, 3.63) is 101 Å². The molecule has 0 saturated carbocycles. The largest absolute Gasteiger partial charge is 0.416 e. The van der Waals surface area contributed by atoms with Crippen molar-refractivity contribution < 1.29 is 22.4 Å². The van der Waals surface area contributed by atoms with Crippen LogP contribution in [0.1, 0.15) is 27.0 Å². The second-order valence-electron chi connectivity index (χ2n) is 10.3. The summed E-state index contributed by atoms with van der Waals surface area (Å²) in [4.78, 5) is 25.8. The highest BCUT2D eigenvalue weighted by atomic mass is 19.4. The number of nitrogens with one attached hydrogen (secondary N) is 2. The third kappa shape index (κ3) is 6.92. The van der Waals surface area contributed by atoms with E-state index in [0.29, 0.717) is 30.3 Å². The summed E-state index contributed by atoms with van der Waals surface area (Å²) < 4.78 is 56.9. The van der Waals surface area contributed by atoms with Gasteiger partial charge in [-0.25, -0.2) is 9.37 Å². The number of nitrogens with zero attached hydrogens (tertiary/aromatic N) is 4. The van der Waals surface area contributed by atoms with E-state index in [1.165, 1.54) is 18.2 Å². The van der Waals surface area contributed by atoms with E-state index >= 15 is 0 Å². The van der Waals surface area contributed by atoms with Gasteiger partial charge < -0.3 is 15.5 Å². The van der Waals surface area contributed by atoms with Crippen LogP contribution in [0.2, 0.25) is 0 Å². The van der Waals surface area contributed by atoms with Crippen LogP contribution in [0, 0.1) is 12.7 Å². The lowest BCUT2D eigenvalue weighted by Crippen LogP contribution is -2.44. The zero-order valence-corrected chi connectivity index (χ0v) is 23.2. The van der Waals surface area contributed by atoms with Gasteiger partial charge in [0.2, 0.25) is 0 Å². The average Bonchev–Trinajstić information content (AvgIpc) is 2.97. The molecule has 1 amide bonds. The molecule has 2 N–H and O–H groups in total. The quantitative estimate of drug-likeness (QED) is 0.249. The van der Waals surface area contributed by atoms with Crippen molar-refractivity contribution >= 4 is 23.1 Å². The third-order valence-electron chi connectivity index (χ3n) is 7.24. The first-order valence-corrected chi connectivity index (χ1v) is 13.4. The van der Waals surface area contributed by atoms with Gasteiger partial charge in [0.15, 0.2) is 0 Å². The summed E-state index contributed by atoms with van der Waals surface area (Å²) >= 11 is 0. The fraction of sp³-hybridized carbons (Fsp3) is 0.258. The molecule has 2 aromatic heterocycles. The van der Waals surface area contributed by atoms with Crippen LogP contribution >= 0.6 is 0 Å². The second-order valence-corrected chi connectivity index (χ2v) is 10.3. The Balaban J connectivity index is 1.35. The minimum Gasteiger partial charge on any atom is -0.340 e. The molecule has 0 radical (unpaired) electrons. The van der Waals surface area contributed by atoms with E-state index in [9.17, 15) is 22.4 Å². The molecule has 1 fully saturated rings. The van der Waals surface area contributed by atoms with Crippen LogP contribution in [-0.4, -0.2) is 58.9 Å². The molecule has 4 aromatic rings. The van der Waals surface area contributed by atoms with Gasteiger partial charge in [-0.3, -0.25) is 14.7 Å². The number of carbonyl (C=O) groups is 1. The van der Waals surface area contributed by atoms with Gasteiger partial charge in [-0.05, 0) is 68.1 Å². The Morgan fingerprint density at radius 3 is 2.50 bits per heavy atom. The first-order chi connectivity index (χ1) is 20.1. The molecule has 0 bridgehead atoms. The van der Waals surface area contributed by atoms with Gasteiger partial charge in [-0.1, -0.05) is 12.1 Å². The molecule has 2 aromatic carbocycles. The SMILES string of the molecule is Cc1c(F)cc(NC(=O)c2ccc(CN3CCN(C)CC3)c(C(F)(F)F)c2)cc1Nc1cccc(-c2cccnc2)n1. The molecule has 0 spiro atoms. The van der Waals surface area contributed by atoms with Gasteiger partial charge in [0.05, 0.1) is 11.3 Å². The smallest absolute Gasteiger partial charge is 0.340 e. The lowest BCUT2D eigenvalue weighted by Gasteiger charge is -2.33. The van der Waals surface area contributed by atoms with Crippen LogP contribution in [0.3, 0.4) is 0 Å². The van der Waals surface area contributed by atoms with Crippen LogP contribution in [0.25, 0.3) is 11.3 Å². The fourth-order valence-corrected chi connectivity index (χ4v) is 4.77. The summed E-state index contributed by atoms with van der Waals surface area (Å²) in [5.74, 6) is -0.942. The number of piperazine rings is 1. The maximum Gasteiger partial charge on any atom is 0.416 e. The maximum atomic E-state index is 14.9. The topological polar surface area (TPSA) is 73.4 Å². The van der Waals surface area contributed by atoms with Gasteiger partial charge in [0, 0.05) is 73.2 Å². The Labute approximate surface area is 241 Å². The zero-order chi connectivity index (χ0) is 29.9. The van der Waals surface area contributed by atoms with Crippen LogP contribution < -0.4 is 10.6 Å². The van der Waals surface area contributed by atoms with Gasteiger partial charge in [0.1, 0.15) is 11.6 Å². The maximum absolute atomic E-state index is 14.9. The van der Waals surface area contributed by atoms with Crippen LogP contribution in [0.5, 0.6) is 0 Å². The predicted octanol–water partition coefficient (Wildman–Crippen LogP) is 6.35. The van der Waals surface area contributed by atoms with E-state index in [1.807, 2.05) is 24.1 Å². The van der Waals surface area contributed by atoms with Crippen molar-refractivity contribution in [2.45, 2.75) is 19.6 Å². The molecule has 7 nitrogen and oxygen atoms in total. The molecule has 3 heterocycles. The fourth-order valence-electron chi connectivity index (χ4n) is 4.77. The first kappa shape index (κ1) is 29.2. The lowest BCUT2D eigenvalue weighted by molar-refractivity contribution is -0.138. The van der Waals surface area contributed by atoms with Crippen LogP contribution in [0.15, 0.2) is 73.1 Å². The molecule has 0 atom stereocenters. The van der Waals surface area contributed by atoms with Gasteiger partial charge in [-0.2, -0.15) is 13.2 Å². The summed E-state index contributed by atoms with van der Waals surface area (Å²) in [5.41, 5.74) is 1.26. The number of hydrogen-bond donors (Lipinski definition) is 2. The molecular formula is C31H30F4N6O. The summed E-state index contributed by atoms with van der Waals surface area (Å²) in [5, 5.41) is 5.62. The Kier molecular flexibility index (Phi) is 8.51. The number of alkyl halides is 3. The van der Waals surface area contributed by atoms with Gasteiger partial charge >= 0.3 is 6.18 Å². The van der Waals surface area contributed by atoms with Crippen molar-refractivity contribution in [3.8, 4) is 11.3 Å². The Morgan fingerprint density at radius 1 is 1.00 bits per heavy atom. The number of pyridine rings is 2. The normalized spacial score (nSPS) is 14.5. The third-order valence-corrected chi connectivity index (χ3v) is 7.24. The minimum absolute atomic E-state index is 0.0871. The zero-order valence-electron chi connectivity index (χ0n) is 23.2. The number of anilines is 3. The first-order valence-electron chi connectivity index (χ1n) is 13.4. The van der Waals surface area contributed by atoms with Crippen molar-refractivity contribution in [2.24, 2.45) is 0 Å². The summed E-state index contributed by atoms with van der Waals surface area (Å²) in [6, 6.07) is 15.2. The van der Waals surface area contributed by atoms with Crippen molar-refractivity contribution in [2.75, 3.05) is 43.9 Å². The molecule has 1 aliphatic heterocycles. The van der Waals surface area contributed by atoms with Gasteiger partial charge in [-0.15, -0.1) is 0 Å². The monoisotopic (exact) mass is 578 g/mol. The number of halogens is 4. The van der Waals surface area contributed by atoms with Gasteiger partial charge in [0.25, 0.3) is 5.91 Å². The Hall–Kier alpha value is -4.35. The number of amides is 1. The van der Waals surface area contributed by atoms with E-state index in [-0.39, 0.29) is 28.9 Å². The highest BCUT2D eigenvalue weighted by molar-refractivity contribution is 6.04. The van der Waals surface area contributed by atoms with Crippen molar-refractivity contribution in [1.29, 1.82) is 0 Å². The Morgan fingerprint density at radius 2 is 1.79 bits per heavy atom. The van der Waals surface area contributed by atoms with Crippen molar-refractivity contribution in [3.63, 3.8) is 0 Å². The van der Waals surface area contributed by atoms with E-state index in [1.54, 1.807) is 37.5 Å². The molecule has 0 unspecified atom stereocenters. The number of carbonyl (C=O) groups excluding carboxylic acids is 1. The highest BCUT2D eigenvalue weighted by Crippen LogP contribution is 2.34. The number of aromatic nitrogens is 2. The van der Waals surface area contributed by atoms with Crippen LogP contribution in [0.4, 0.5) is 34.8 Å². The minimum atomic E-state index is -4.64. The molecule has 0 aliphatic carbocycles. The molecule has 1 aliphatic rings. The molecule has 218 valence electrons. The summed E-state index contributed by atoms with van der Waals surface area (Å²) in [6.45, 7) is 4.58. The van der Waals surface area contributed by atoms with E-state index in [4.69, 9.17) is 0 Å². The highest BCUT2D eigenvalue weighted by Gasteiger charge is 2.34. The molecule has 1 saturated heterocycles. The van der Waals surface area contributed by atoms with Crippen LogP contribution in [-0.2, 0) is 12.7 Å². The Bertz CT molecular complexity index is 1570. The number of benzene rings is 2. The predicted molar refractivity (Wildman–Crippen MR) is 154 cm³/mol. The summed E-state index contributed by atoms with van der Waals surface area (Å²) in [7, 11) is 1.98. The van der Waals surface area contributed by atoms with E-state index in [0.717, 1.165) is 30.8 Å². The average molecular weight is 579 g/mol. The van der Waals surface area contributed by atoms with E-state index in [2.05, 4.69) is 25.5 Å². The standard InChI is InChI=1S/C31H30F4N6O/c1-20-26(32)16-24(17-28(20)39-29-7-3-6-27(38-29)22-5-4-10-36-18-22)37-30(42)21-8-9-23(25(15-21)31(33,34)35)19-41-13-11-40(2)12-14-41/h3-10,15-18H,11-14,19H2,1-2H3,(H,37,42)(H,38,39). The van der Waals surface area contributed by atoms with E-state index < -0.39 is 23.5 Å². The molecule has 42 heavy (non-hydrogen) atoms. The molecule has 11 heteroatoms. The molecule has 5 rings (SSSR count). The number of likely N-dealkylation sites (N-methyl/N-ethyl adjacent to an activating group) is 1. The van der Waals surface area contributed by atoms with Crippen molar-refractivity contribution in [1.82, 2.24) is 19.8 Å². The number of hydrogen-bond acceptors (Lipinski definition) is 6. The molecular weight excluding hydrogens is 548 g/mol. The lowest BCUT2D eigenvalue weighted by atomic mass is 10.0. The number of rotatable bonds is 7. The summed E-state index contributed by atoms with van der Waals surface area (Å²) in [6.07, 6.45) is -1.30.